The average Bonchev–Trinajstić information content (AvgIpc) is 3.51. The van der Waals surface area contributed by atoms with Crippen LogP contribution in [-0.4, -0.2) is 45.4 Å². The summed E-state index contributed by atoms with van der Waals surface area (Å²) in [5, 5.41) is 7.56. The highest BCUT2D eigenvalue weighted by Gasteiger charge is 2.42. The van der Waals surface area contributed by atoms with Crippen LogP contribution in [-0.2, 0) is 20.9 Å². The molecular formula is C25H20FN5O3S2. The van der Waals surface area contributed by atoms with Gasteiger partial charge in [-0.1, -0.05) is 42.1 Å². The Hall–Kier alpha value is -3.83. The number of rotatable bonds is 7. The van der Waals surface area contributed by atoms with Gasteiger partial charge in [0.1, 0.15) is 17.7 Å². The molecular weight excluding hydrogens is 501 g/mol. The van der Waals surface area contributed by atoms with Gasteiger partial charge in [0, 0.05) is 10.4 Å². The fourth-order valence-corrected chi connectivity index (χ4v) is 5.20. The molecule has 182 valence electrons. The number of anilines is 1. The van der Waals surface area contributed by atoms with Crippen LogP contribution in [0, 0.1) is 5.82 Å². The van der Waals surface area contributed by atoms with Crippen molar-refractivity contribution in [3.8, 4) is 0 Å². The number of nitrogens with zero attached hydrogens (tertiary/aromatic N) is 3. The molecule has 36 heavy (non-hydrogen) atoms. The molecule has 3 heterocycles. The highest BCUT2D eigenvalue weighted by Crippen LogP contribution is 2.34. The topological polar surface area (TPSA) is 103 Å². The van der Waals surface area contributed by atoms with Crippen molar-refractivity contribution in [2.75, 3.05) is 11.1 Å². The van der Waals surface area contributed by atoms with E-state index in [0.29, 0.717) is 23.6 Å². The van der Waals surface area contributed by atoms with Gasteiger partial charge in [0.25, 0.3) is 5.91 Å². The highest BCUT2D eigenvalue weighted by molar-refractivity contribution is 8.14. The molecule has 1 unspecified atom stereocenters. The number of carbonyl (C=O) groups excluding carboxylic acids is 3. The molecule has 1 atom stereocenters. The van der Waals surface area contributed by atoms with Gasteiger partial charge in [0.2, 0.25) is 11.8 Å². The van der Waals surface area contributed by atoms with E-state index < -0.39 is 17.8 Å². The van der Waals surface area contributed by atoms with E-state index in [0.717, 1.165) is 16.6 Å². The van der Waals surface area contributed by atoms with Gasteiger partial charge in [-0.3, -0.25) is 19.4 Å². The van der Waals surface area contributed by atoms with E-state index in [1.165, 1.54) is 34.4 Å². The fraction of sp³-hybridized carbons (Fsp3) is 0.160. The van der Waals surface area contributed by atoms with Crippen LogP contribution >= 0.6 is 23.1 Å². The first kappa shape index (κ1) is 23.9. The molecule has 2 aromatic carbocycles. The molecule has 2 N–H and O–H groups in total. The van der Waals surface area contributed by atoms with Crippen LogP contribution < -0.4 is 10.6 Å². The molecule has 5 rings (SSSR count). The van der Waals surface area contributed by atoms with Crippen LogP contribution in [0.2, 0.25) is 0 Å². The summed E-state index contributed by atoms with van der Waals surface area (Å²) in [4.78, 5) is 49.8. The number of para-hydroxylation sites is 2. The second-order valence-electron chi connectivity index (χ2n) is 7.93. The Morgan fingerprint density at radius 3 is 2.67 bits per heavy atom. The molecule has 2 aliphatic rings. The van der Waals surface area contributed by atoms with Crippen LogP contribution in [0.3, 0.4) is 0 Å². The molecule has 0 bridgehead atoms. The summed E-state index contributed by atoms with van der Waals surface area (Å²) in [5.74, 6) is -1.34. The second-order valence-corrected chi connectivity index (χ2v) is 9.91. The monoisotopic (exact) mass is 521 g/mol. The summed E-state index contributed by atoms with van der Waals surface area (Å²) in [6.07, 6.45) is -0.0991. The molecule has 3 aromatic rings. The van der Waals surface area contributed by atoms with Crippen molar-refractivity contribution in [3.63, 3.8) is 0 Å². The maximum Gasteiger partial charge on any atom is 0.259 e. The van der Waals surface area contributed by atoms with E-state index in [1.807, 2.05) is 35.7 Å². The average molecular weight is 522 g/mol. The molecule has 0 spiro atoms. The Balaban J connectivity index is 1.30. The van der Waals surface area contributed by atoms with Gasteiger partial charge in [-0.2, -0.15) is 0 Å². The summed E-state index contributed by atoms with van der Waals surface area (Å²) < 4.78 is 13.9. The van der Waals surface area contributed by atoms with Crippen LogP contribution in [0.4, 0.5) is 15.8 Å². The van der Waals surface area contributed by atoms with E-state index in [9.17, 15) is 18.8 Å². The predicted octanol–water partition coefficient (Wildman–Crippen LogP) is 3.92. The maximum absolute atomic E-state index is 13.9. The lowest BCUT2D eigenvalue weighted by Gasteiger charge is -2.25. The van der Waals surface area contributed by atoms with Gasteiger partial charge < -0.3 is 10.6 Å². The van der Waals surface area contributed by atoms with Gasteiger partial charge in [0.05, 0.1) is 30.1 Å². The van der Waals surface area contributed by atoms with Gasteiger partial charge >= 0.3 is 0 Å². The lowest BCUT2D eigenvalue weighted by molar-refractivity contribution is -0.128. The molecule has 0 fully saturated rings. The van der Waals surface area contributed by atoms with E-state index in [-0.39, 0.29) is 34.8 Å². The number of benzene rings is 2. The van der Waals surface area contributed by atoms with E-state index in [1.54, 1.807) is 12.1 Å². The third kappa shape index (κ3) is 5.07. The first-order valence-corrected chi connectivity index (χ1v) is 12.9. The summed E-state index contributed by atoms with van der Waals surface area (Å²) in [6, 6.07) is 16.1. The lowest BCUT2D eigenvalue weighted by atomic mass is 10.1. The number of thioether (sulfide) groups is 1. The second kappa shape index (κ2) is 10.4. The van der Waals surface area contributed by atoms with Gasteiger partial charge in [0.15, 0.2) is 5.17 Å². The lowest BCUT2D eigenvalue weighted by Crippen LogP contribution is -2.42. The minimum Gasteiger partial charge on any atom is -0.351 e. The Labute approximate surface area is 214 Å². The summed E-state index contributed by atoms with van der Waals surface area (Å²) in [5.41, 5.74) is 1.36. The predicted molar refractivity (Wildman–Crippen MR) is 139 cm³/mol. The highest BCUT2D eigenvalue weighted by atomic mass is 32.2. The van der Waals surface area contributed by atoms with Crippen LogP contribution in [0.15, 0.2) is 76.0 Å². The minimum absolute atomic E-state index is 0.0761. The SMILES string of the molecule is O=C(CC1N=C2c3ccccc3N=C(SCC(=O)Nc3ccccc3F)N2C1=O)NCc1cccs1. The number of thiophene rings is 1. The number of hydrogen-bond acceptors (Lipinski definition) is 7. The van der Waals surface area contributed by atoms with E-state index in [2.05, 4.69) is 20.6 Å². The number of halogens is 1. The van der Waals surface area contributed by atoms with E-state index >= 15 is 0 Å². The molecule has 11 heteroatoms. The van der Waals surface area contributed by atoms with E-state index in [4.69, 9.17) is 0 Å². The van der Waals surface area contributed by atoms with Crippen molar-refractivity contribution in [1.29, 1.82) is 0 Å². The number of nitrogens with one attached hydrogen (secondary N) is 2. The Morgan fingerprint density at radius 1 is 1.06 bits per heavy atom. The molecule has 0 radical (unpaired) electrons. The molecule has 3 amide bonds. The van der Waals surface area contributed by atoms with Gasteiger partial charge in [-0.15, -0.1) is 11.3 Å². The van der Waals surface area contributed by atoms with Crippen molar-refractivity contribution in [1.82, 2.24) is 10.2 Å². The molecule has 0 aliphatic carbocycles. The number of carbonyl (C=O) groups is 3. The maximum atomic E-state index is 13.9. The fourth-order valence-electron chi connectivity index (χ4n) is 3.76. The summed E-state index contributed by atoms with van der Waals surface area (Å²) in [6.45, 7) is 0.389. The van der Waals surface area contributed by atoms with Crippen molar-refractivity contribution in [2.45, 2.75) is 19.0 Å². The Bertz CT molecular complexity index is 1390. The molecule has 2 aliphatic heterocycles. The molecule has 8 nitrogen and oxygen atoms in total. The zero-order chi connectivity index (χ0) is 25.1. The third-order valence-corrected chi connectivity index (χ3v) is 7.26. The Kier molecular flexibility index (Phi) is 6.92. The molecule has 1 aromatic heterocycles. The zero-order valence-corrected chi connectivity index (χ0v) is 20.4. The largest absolute Gasteiger partial charge is 0.351 e. The van der Waals surface area contributed by atoms with Gasteiger partial charge in [-0.25, -0.2) is 14.3 Å². The third-order valence-electron chi connectivity index (χ3n) is 5.45. The number of amidine groups is 2. The molecule has 0 saturated heterocycles. The standard InChI is InChI=1S/C25H20FN5O3S2/c26-17-8-2-4-10-19(17)28-22(33)14-36-25-30-18-9-3-1-7-16(18)23-29-20(24(34)31(23)25)12-21(32)27-13-15-6-5-11-35-15/h1-11,20H,12-14H2,(H,27,32)(H,28,33). The number of hydrogen-bond donors (Lipinski definition) is 2. The van der Waals surface area contributed by atoms with Gasteiger partial charge in [-0.05, 0) is 35.7 Å². The van der Waals surface area contributed by atoms with Crippen molar-refractivity contribution in [2.24, 2.45) is 9.98 Å². The first-order chi connectivity index (χ1) is 17.5. The minimum atomic E-state index is -0.896. The summed E-state index contributed by atoms with van der Waals surface area (Å²) in [7, 11) is 0. The number of aliphatic imine (C=N–C) groups is 2. The Morgan fingerprint density at radius 2 is 1.86 bits per heavy atom. The van der Waals surface area contributed by atoms with Crippen molar-refractivity contribution < 1.29 is 18.8 Å². The quantitative estimate of drug-likeness (QED) is 0.492. The molecule has 0 saturated carbocycles. The number of fused-ring (bicyclic) bond motifs is 3. The van der Waals surface area contributed by atoms with Crippen LogP contribution in [0.1, 0.15) is 16.9 Å². The number of amides is 3. The smallest absolute Gasteiger partial charge is 0.259 e. The normalized spacial score (nSPS) is 16.1. The van der Waals surface area contributed by atoms with Crippen LogP contribution in [0.5, 0.6) is 0 Å². The first-order valence-electron chi connectivity index (χ1n) is 11.1. The van der Waals surface area contributed by atoms with Crippen LogP contribution in [0.25, 0.3) is 0 Å². The summed E-state index contributed by atoms with van der Waals surface area (Å²) >= 11 is 2.58. The zero-order valence-electron chi connectivity index (χ0n) is 18.8. The van der Waals surface area contributed by atoms with Crippen molar-refractivity contribution >= 4 is 63.2 Å². The van der Waals surface area contributed by atoms with Crippen molar-refractivity contribution in [3.05, 3.63) is 82.3 Å².